The molecule has 6 nitrogen and oxygen atoms in total. The van der Waals surface area contributed by atoms with E-state index in [1.54, 1.807) is 17.5 Å². The lowest BCUT2D eigenvalue weighted by molar-refractivity contribution is 0.157. The summed E-state index contributed by atoms with van der Waals surface area (Å²) in [5.74, 6) is 0.448. The molecule has 3 heterocycles. The van der Waals surface area contributed by atoms with Gasteiger partial charge in [0.2, 0.25) is 0 Å². The molecule has 2 aromatic heterocycles. The van der Waals surface area contributed by atoms with Gasteiger partial charge in [0.15, 0.2) is 0 Å². The van der Waals surface area contributed by atoms with Crippen LogP contribution >= 0.6 is 11.3 Å². The molecule has 22 heavy (non-hydrogen) atoms. The molecule has 0 spiro atoms. The number of aromatic nitrogens is 3. The van der Waals surface area contributed by atoms with Crippen molar-refractivity contribution in [3.05, 3.63) is 34.3 Å². The van der Waals surface area contributed by atoms with Crippen LogP contribution in [0.3, 0.4) is 0 Å². The normalized spacial score (nSPS) is 18.4. The third-order valence-electron chi connectivity index (χ3n) is 4.12. The van der Waals surface area contributed by atoms with Crippen LogP contribution < -0.4 is 5.32 Å². The zero-order valence-electron chi connectivity index (χ0n) is 12.7. The van der Waals surface area contributed by atoms with Crippen molar-refractivity contribution in [1.82, 2.24) is 25.2 Å². The van der Waals surface area contributed by atoms with Gasteiger partial charge in [-0.2, -0.15) is 11.3 Å². The lowest BCUT2D eigenvalue weighted by atomic mass is 9.98. The summed E-state index contributed by atoms with van der Waals surface area (Å²) in [6, 6.07) is 0.0360. The first-order valence-corrected chi connectivity index (χ1v) is 8.55. The molecule has 0 aromatic carbocycles. The summed E-state index contributed by atoms with van der Waals surface area (Å²) in [7, 11) is 0. The van der Waals surface area contributed by atoms with Crippen LogP contribution in [0.15, 0.2) is 23.2 Å². The van der Waals surface area contributed by atoms with Crippen molar-refractivity contribution < 1.29 is 4.79 Å². The molecule has 3 rings (SSSR count). The first-order valence-electron chi connectivity index (χ1n) is 7.61. The van der Waals surface area contributed by atoms with Crippen LogP contribution in [0, 0.1) is 12.8 Å². The van der Waals surface area contributed by atoms with Gasteiger partial charge in [0.1, 0.15) is 0 Å². The number of likely N-dealkylation sites (tertiary alicyclic amines) is 1. The Morgan fingerprint density at radius 2 is 2.41 bits per heavy atom. The Morgan fingerprint density at radius 1 is 1.50 bits per heavy atom. The highest BCUT2D eigenvalue weighted by Gasteiger charge is 2.24. The van der Waals surface area contributed by atoms with Gasteiger partial charge in [-0.15, -0.1) is 5.10 Å². The van der Waals surface area contributed by atoms with Gasteiger partial charge < -0.3 is 10.2 Å². The number of carbonyl (C=O) groups is 1. The van der Waals surface area contributed by atoms with Gasteiger partial charge in [-0.1, -0.05) is 5.21 Å². The van der Waals surface area contributed by atoms with Crippen LogP contribution in [-0.4, -0.2) is 39.0 Å². The average Bonchev–Trinajstić information content (AvgIpc) is 3.17. The Hall–Kier alpha value is -1.89. The minimum atomic E-state index is 0.0360. The van der Waals surface area contributed by atoms with Crippen molar-refractivity contribution >= 4 is 17.4 Å². The van der Waals surface area contributed by atoms with E-state index in [-0.39, 0.29) is 6.03 Å². The minimum Gasteiger partial charge on any atom is -0.334 e. The van der Waals surface area contributed by atoms with Gasteiger partial charge in [-0.25, -0.2) is 4.79 Å². The van der Waals surface area contributed by atoms with Gasteiger partial charge in [0.05, 0.1) is 6.20 Å². The lowest BCUT2D eigenvalue weighted by Gasteiger charge is -2.32. The molecule has 0 unspecified atom stereocenters. The van der Waals surface area contributed by atoms with Crippen molar-refractivity contribution in [1.29, 1.82) is 0 Å². The number of nitrogens with one attached hydrogen (secondary N) is 1. The molecular weight excluding hydrogens is 298 g/mol. The molecule has 1 N–H and O–H groups in total. The summed E-state index contributed by atoms with van der Waals surface area (Å²) in [4.78, 5) is 14.3. The molecule has 0 bridgehead atoms. The number of carbonyl (C=O) groups excluding carboxylic acids is 1. The number of nitrogens with zero attached hydrogens (tertiary/aromatic N) is 4. The van der Waals surface area contributed by atoms with E-state index < -0.39 is 0 Å². The fourth-order valence-corrected chi connectivity index (χ4v) is 3.70. The summed E-state index contributed by atoms with van der Waals surface area (Å²) < 4.78 is 1.85. The number of rotatable bonds is 4. The summed E-state index contributed by atoms with van der Waals surface area (Å²) in [6.07, 6.45) is 5.74. The van der Waals surface area contributed by atoms with Gasteiger partial charge in [0, 0.05) is 32.4 Å². The quantitative estimate of drug-likeness (QED) is 0.940. The predicted octanol–water partition coefficient (Wildman–Crippen LogP) is 2.27. The van der Waals surface area contributed by atoms with Crippen LogP contribution in [0.4, 0.5) is 4.79 Å². The minimum absolute atomic E-state index is 0.0360. The first kappa shape index (κ1) is 15.0. The smallest absolute Gasteiger partial charge is 0.317 e. The standard InChI is InChI=1S/C15H21N5OS/c1-12-10-22-11-14(12)7-16-15(21)19-5-2-3-13(8-19)9-20-6-4-17-18-20/h4,6,10-11,13H,2-3,5,7-9H2,1H3,(H,16,21)/t13-/m1/s1. The highest BCUT2D eigenvalue weighted by atomic mass is 32.1. The van der Waals surface area contributed by atoms with E-state index >= 15 is 0 Å². The second-order valence-corrected chi connectivity index (χ2v) is 6.56. The molecule has 2 aromatic rings. The van der Waals surface area contributed by atoms with Crippen molar-refractivity contribution in [3.63, 3.8) is 0 Å². The maximum absolute atomic E-state index is 12.3. The van der Waals surface area contributed by atoms with Crippen molar-refractivity contribution in [2.75, 3.05) is 13.1 Å². The predicted molar refractivity (Wildman–Crippen MR) is 85.6 cm³/mol. The average molecular weight is 319 g/mol. The molecule has 118 valence electrons. The molecule has 0 saturated carbocycles. The second kappa shape index (κ2) is 6.91. The largest absolute Gasteiger partial charge is 0.334 e. The molecule has 0 radical (unpaired) electrons. The summed E-state index contributed by atoms with van der Waals surface area (Å²) in [6.45, 7) is 5.13. The number of urea groups is 1. The van der Waals surface area contributed by atoms with Gasteiger partial charge in [-0.05, 0) is 47.6 Å². The Morgan fingerprint density at radius 3 is 3.14 bits per heavy atom. The number of hydrogen-bond donors (Lipinski definition) is 1. The summed E-state index contributed by atoms with van der Waals surface area (Å²) in [5.41, 5.74) is 2.45. The molecule has 1 fully saturated rings. The van der Waals surface area contributed by atoms with Crippen LogP contribution in [0.2, 0.25) is 0 Å². The molecule has 2 amide bonds. The van der Waals surface area contributed by atoms with Crippen LogP contribution in [0.25, 0.3) is 0 Å². The number of aryl methyl sites for hydroxylation is 1. The van der Waals surface area contributed by atoms with E-state index in [9.17, 15) is 4.79 Å². The van der Waals surface area contributed by atoms with E-state index in [4.69, 9.17) is 0 Å². The molecule has 1 saturated heterocycles. The fraction of sp³-hybridized carbons (Fsp3) is 0.533. The maximum atomic E-state index is 12.3. The van der Waals surface area contributed by atoms with Crippen molar-refractivity contribution in [2.24, 2.45) is 5.92 Å². The number of hydrogen-bond acceptors (Lipinski definition) is 4. The summed E-state index contributed by atoms with van der Waals surface area (Å²) >= 11 is 1.68. The van der Waals surface area contributed by atoms with Crippen molar-refractivity contribution in [2.45, 2.75) is 32.9 Å². The van der Waals surface area contributed by atoms with Crippen LogP contribution in [0.5, 0.6) is 0 Å². The van der Waals surface area contributed by atoms with E-state index in [0.29, 0.717) is 12.5 Å². The van der Waals surface area contributed by atoms with Crippen LogP contribution in [0.1, 0.15) is 24.0 Å². The Kier molecular flexibility index (Phi) is 4.72. The van der Waals surface area contributed by atoms with Gasteiger partial charge >= 0.3 is 6.03 Å². The monoisotopic (exact) mass is 319 g/mol. The SMILES string of the molecule is Cc1cscc1CNC(=O)N1CCC[C@@H](Cn2ccnn2)C1. The fourth-order valence-electron chi connectivity index (χ4n) is 2.84. The zero-order valence-corrected chi connectivity index (χ0v) is 13.6. The number of thiophene rings is 1. The van der Waals surface area contributed by atoms with Gasteiger partial charge in [0.25, 0.3) is 0 Å². The molecule has 0 aliphatic carbocycles. The highest BCUT2D eigenvalue weighted by molar-refractivity contribution is 7.08. The molecular formula is C15H21N5OS. The van der Waals surface area contributed by atoms with Crippen LogP contribution in [-0.2, 0) is 13.1 Å². The maximum Gasteiger partial charge on any atom is 0.317 e. The molecule has 1 atom stereocenters. The zero-order chi connectivity index (χ0) is 15.4. The Balaban J connectivity index is 1.50. The van der Waals surface area contributed by atoms with E-state index in [1.165, 1.54) is 11.1 Å². The third-order valence-corrected chi connectivity index (χ3v) is 5.03. The van der Waals surface area contributed by atoms with Crippen molar-refractivity contribution in [3.8, 4) is 0 Å². The molecule has 1 aliphatic heterocycles. The topological polar surface area (TPSA) is 63.1 Å². The molecule has 1 aliphatic rings. The summed E-state index contributed by atoms with van der Waals surface area (Å²) in [5, 5.41) is 15.1. The van der Waals surface area contributed by atoms with E-state index in [1.807, 2.05) is 15.8 Å². The van der Waals surface area contributed by atoms with E-state index in [0.717, 1.165) is 32.5 Å². The number of amides is 2. The third kappa shape index (κ3) is 3.65. The number of piperidine rings is 1. The second-order valence-electron chi connectivity index (χ2n) is 5.82. The Bertz CT molecular complexity index is 609. The first-order chi connectivity index (χ1) is 10.7. The van der Waals surface area contributed by atoms with Gasteiger partial charge in [-0.3, -0.25) is 4.68 Å². The van der Waals surface area contributed by atoms with E-state index in [2.05, 4.69) is 33.3 Å². The highest BCUT2D eigenvalue weighted by Crippen LogP contribution is 2.18. The molecule has 7 heteroatoms. The Labute approximate surface area is 134 Å². The lowest BCUT2D eigenvalue weighted by Crippen LogP contribution is -2.46.